The van der Waals surface area contributed by atoms with Crippen LogP contribution in [0.15, 0.2) is 0 Å². The molecular weight excluding hydrogens is 224 g/mol. The molecule has 0 aromatic rings. The molecule has 2 aliphatic heterocycles. The van der Waals surface area contributed by atoms with Gasteiger partial charge < -0.3 is 4.90 Å². The Morgan fingerprint density at radius 2 is 2.00 bits per heavy atom. The van der Waals surface area contributed by atoms with Crippen molar-refractivity contribution < 1.29 is 9.00 Å². The molecule has 5 heteroatoms. The summed E-state index contributed by atoms with van der Waals surface area (Å²) in [6, 6.07) is 0.313. The molecular formula is C11H18N2O2S. The summed E-state index contributed by atoms with van der Waals surface area (Å²) >= 11 is 0. The Morgan fingerprint density at radius 3 is 2.50 bits per heavy atom. The van der Waals surface area contributed by atoms with Crippen LogP contribution in [0.5, 0.6) is 0 Å². The van der Waals surface area contributed by atoms with Crippen molar-refractivity contribution in [3.8, 4) is 0 Å². The van der Waals surface area contributed by atoms with Crippen LogP contribution in [0.2, 0.25) is 0 Å². The fraction of sp³-hybridized carbons (Fsp3) is 0.909. The van der Waals surface area contributed by atoms with Crippen LogP contribution in [0.25, 0.3) is 0 Å². The molecule has 0 aromatic carbocycles. The summed E-state index contributed by atoms with van der Waals surface area (Å²) in [5, 5.41) is 3.41. The zero-order valence-electron chi connectivity index (χ0n) is 9.57. The SMILES string of the molecule is CC1NC2(CC2)C(=O)N1C1CCS(=O)CC1. The van der Waals surface area contributed by atoms with Crippen molar-refractivity contribution in [3.05, 3.63) is 0 Å². The molecule has 1 unspecified atom stereocenters. The van der Waals surface area contributed by atoms with Gasteiger partial charge in [0.25, 0.3) is 0 Å². The van der Waals surface area contributed by atoms with Crippen LogP contribution in [0, 0.1) is 0 Å². The van der Waals surface area contributed by atoms with Crippen LogP contribution in [-0.2, 0) is 15.6 Å². The van der Waals surface area contributed by atoms with Crippen molar-refractivity contribution in [1.29, 1.82) is 0 Å². The highest BCUT2D eigenvalue weighted by Crippen LogP contribution is 2.43. The fourth-order valence-electron chi connectivity index (χ4n) is 2.98. The van der Waals surface area contributed by atoms with Crippen LogP contribution in [0.1, 0.15) is 32.6 Å². The zero-order valence-corrected chi connectivity index (χ0v) is 10.4. The van der Waals surface area contributed by atoms with Gasteiger partial charge in [0.15, 0.2) is 0 Å². The molecule has 1 saturated carbocycles. The number of carbonyl (C=O) groups is 1. The van der Waals surface area contributed by atoms with Crippen molar-refractivity contribution in [3.63, 3.8) is 0 Å². The van der Waals surface area contributed by atoms with Gasteiger partial charge in [0.05, 0.1) is 11.7 Å². The van der Waals surface area contributed by atoms with Crippen LogP contribution < -0.4 is 5.32 Å². The topological polar surface area (TPSA) is 49.4 Å². The van der Waals surface area contributed by atoms with Crippen molar-refractivity contribution in [2.45, 2.75) is 50.4 Å². The Hall–Kier alpha value is -0.420. The molecule has 0 aromatic heterocycles. The zero-order chi connectivity index (χ0) is 11.3. The highest BCUT2D eigenvalue weighted by atomic mass is 32.2. The molecule has 4 nitrogen and oxygen atoms in total. The van der Waals surface area contributed by atoms with Gasteiger partial charge >= 0.3 is 0 Å². The van der Waals surface area contributed by atoms with Crippen LogP contribution in [-0.4, -0.2) is 44.3 Å². The molecule has 1 atom stereocenters. The number of rotatable bonds is 1. The molecule has 3 fully saturated rings. The first-order chi connectivity index (χ1) is 7.62. The van der Waals surface area contributed by atoms with Gasteiger partial charge in [-0.1, -0.05) is 0 Å². The molecule has 90 valence electrons. The van der Waals surface area contributed by atoms with Crippen molar-refractivity contribution in [2.24, 2.45) is 0 Å². The van der Waals surface area contributed by atoms with Gasteiger partial charge in [0, 0.05) is 28.3 Å². The lowest BCUT2D eigenvalue weighted by molar-refractivity contribution is -0.133. The number of amides is 1. The van der Waals surface area contributed by atoms with E-state index >= 15 is 0 Å². The molecule has 0 bridgehead atoms. The Balaban J connectivity index is 1.74. The first-order valence-corrected chi connectivity index (χ1v) is 7.57. The van der Waals surface area contributed by atoms with Gasteiger partial charge in [0.2, 0.25) is 5.91 Å². The summed E-state index contributed by atoms with van der Waals surface area (Å²) in [5.74, 6) is 1.81. The maximum Gasteiger partial charge on any atom is 0.244 e. The fourth-order valence-corrected chi connectivity index (χ4v) is 4.25. The number of nitrogens with one attached hydrogen (secondary N) is 1. The van der Waals surface area contributed by atoms with E-state index in [1.54, 1.807) is 0 Å². The highest BCUT2D eigenvalue weighted by molar-refractivity contribution is 7.85. The second-order valence-electron chi connectivity index (χ2n) is 5.19. The number of nitrogens with zero attached hydrogens (tertiary/aromatic N) is 1. The minimum Gasteiger partial charge on any atom is -0.323 e. The number of hydrogen-bond acceptors (Lipinski definition) is 3. The van der Waals surface area contributed by atoms with Crippen molar-refractivity contribution in [2.75, 3.05) is 11.5 Å². The third-order valence-corrected chi connectivity index (χ3v) is 5.43. The molecule has 1 N–H and O–H groups in total. The summed E-state index contributed by atoms with van der Waals surface area (Å²) in [7, 11) is -0.645. The van der Waals surface area contributed by atoms with Gasteiger partial charge in [-0.25, -0.2) is 0 Å². The van der Waals surface area contributed by atoms with E-state index in [4.69, 9.17) is 0 Å². The van der Waals surface area contributed by atoms with Gasteiger partial charge in [-0.05, 0) is 32.6 Å². The molecule has 1 aliphatic carbocycles. The lowest BCUT2D eigenvalue weighted by atomic mass is 10.1. The second-order valence-corrected chi connectivity index (χ2v) is 6.89. The van der Waals surface area contributed by atoms with Gasteiger partial charge in [0.1, 0.15) is 0 Å². The lowest BCUT2D eigenvalue weighted by Crippen LogP contribution is -2.46. The first-order valence-electron chi connectivity index (χ1n) is 6.08. The van der Waals surface area contributed by atoms with Gasteiger partial charge in [-0.2, -0.15) is 0 Å². The highest BCUT2D eigenvalue weighted by Gasteiger charge is 2.59. The van der Waals surface area contributed by atoms with E-state index in [2.05, 4.69) is 12.2 Å². The van der Waals surface area contributed by atoms with Crippen molar-refractivity contribution in [1.82, 2.24) is 10.2 Å². The van der Waals surface area contributed by atoms with E-state index in [-0.39, 0.29) is 17.6 Å². The third kappa shape index (κ3) is 1.52. The van der Waals surface area contributed by atoms with Gasteiger partial charge in [-0.3, -0.25) is 14.3 Å². The Labute approximate surface area is 98.2 Å². The monoisotopic (exact) mass is 242 g/mol. The maximum atomic E-state index is 12.3. The maximum absolute atomic E-state index is 12.3. The molecule has 16 heavy (non-hydrogen) atoms. The van der Waals surface area contributed by atoms with Crippen LogP contribution in [0.4, 0.5) is 0 Å². The normalized spacial score (nSPS) is 41.7. The quantitative estimate of drug-likeness (QED) is 0.715. The van der Waals surface area contributed by atoms with Crippen LogP contribution in [0.3, 0.4) is 0 Å². The standard InChI is InChI=1S/C11H18N2O2S/c1-8-12-11(4-5-11)10(14)13(8)9-2-6-16(15)7-3-9/h8-9,12H,2-7H2,1H3. The summed E-state index contributed by atoms with van der Waals surface area (Å²) in [4.78, 5) is 14.3. The van der Waals surface area contributed by atoms with E-state index in [1.807, 2.05) is 4.90 Å². The lowest BCUT2D eigenvalue weighted by Gasteiger charge is -2.33. The Bertz CT molecular complexity index is 344. The smallest absolute Gasteiger partial charge is 0.244 e. The van der Waals surface area contributed by atoms with E-state index in [1.165, 1.54) is 0 Å². The molecule has 2 heterocycles. The predicted molar refractivity (Wildman–Crippen MR) is 62.3 cm³/mol. The Morgan fingerprint density at radius 1 is 1.38 bits per heavy atom. The Kier molecular flexibility index (Phi) is 2.37. The summed E-state index contributed by atoms with van der Waals surface area (Å²) in [6.45, 7) is 2.07. The van der Waals surface area contributed by atoms with E-state index in [9.17, 15) is 9.00 Å². The average Bonchev–Trinajstić information content (AvgIpc) is 2.97. The first kappa shape index (κ1) is 10.7. The van der Waals surface area contributed by atoms with E-state index in [0.29, 0.717) is 6.04 Å². The molecule has 1 amide bonds. The number of hydrogen-bond donors (Lipinski definition) is 1. The minimum absolute atomic E-state index is 0.159. The van der Waals surface area contributed by atoms with Crippen molar-refractivity contribution >= 4 is 16.7 Å². The van der Waals surface area contributed by atoms with E-state index < -0.39 is 10.8 Å². The molecule has 1 spiro atoms. The third-order valence-electron chi connectivity index (χ3n) is 4.05. The summed E-state index contributed by atoms with van der Waals surface area (Å²) in [5.41, 5.74) is -0.198. The molecule has 2 saturated heterocycles. The van der Waals surface area contributed by atoms with E-state index in [0.717, 1.165) is 37.2 Å². The van der Waals surface area contributed by atoms with Gasteiger partial charge in [-0.15, -0.1) is 0 Å². The average molecular weight is 242 g/mol. The summed E-state index contributed by atoms with van der Waals surface area (Å²) in [6.07, 6.45) is 3.95. The number of carbonyl (C=O) groups excluding carboxylic acids is 1. The molecule has 3 aliphatic rings. The second kappa shape index (κ2) is 3.53. The molecule has 0 radical (unpaired) electrons. The minimum atomic E-state index is -0.645. The predicted octanol–water partition coefficient (Wildman–Crippen LogP) is 0.208. The largest absolute Gasteiger partial charge is 0.323 e. The molecule has 3 rings (SSSR count). The van der Waals surface area contributed by atoms with Crippen LogP contribution >= 0.6 is 0 Å². The summed E-state index contributed by atoms with van der Waals surface area (Å²) < 4.78 is 11.3.